The highest BCUT2D eigenvalue weighted by Gasteiger charge is 2.20. The Bertz CT molecular complexity index is 492. The molecule has 1 saturated carbocycles. The van der Waals surface area contributed by atoms with Crippen molar-refractivity contribution in [2.45, 2.75) is 31.2 Å². The van der Waals surface area contributed by atoms with Crippen LogP contribution in [0, 0.1) is 0 Å². The van der Waals surface area contributed by atoms with Gasteiger partial charge in [0.15, 0.2) is 0 Å². The molecule has 1 aliphatic rings. The SMILES string of the molecule is CS(=O)(=O)CC(N)c1cccc(C2CCC2)c1. The van der Waals surface area contributed by atoms with Crippen LogP contribution in [-0.4, -0.2) is 20.4 Å². The van der Waals surface area contributed by atoms with Crippen molar-refractivity contribution in [1.82, 2.24) is 0 Å². The molecule has 94 valence electrons. The van der Waals surface area contributed by atoms with Crippen molar-refractivity contribution in [2.75, 3.05) is 12.0 Å². The Morgan fingerprint density at radius 3 is 2.65 bits per heavy atom. The molecular weight excluding hydrogens is 234 g/mol. The van der Waals surface area contributed by atoms with E-state index in [-0.39, 0.29) is 5.75 Å². The van der Waals surface area contributed by atoms with E-state index < -0.39 is 15.9 Å². The Labute approximate surface area is 103 Å². The van der Waals surface area contributed by atoms with E-state index in [9.17, 15) is 8.42 Å². The maximum atomic E-state index is 11.2. The van der Waals surface area contributed by atoms with Gasteiger partial charge in [-0.25, -0.2) is 8.42 Å². The first-order chi connectivity index (χ1) is 7.96. The molecule has 0 heterocycles. The summed E-state index contributed by atoms with van der Waals surface area (Å²) in [4.78, 5) is 0. The monoisotopic (exact) mass is 253 g/mol. The topological polar surface area (TPSA) is 60.2 Å². The van der Waals surface area contributed by atoms with Gasteiger partial charge in [-0.05, 0) is 29.9 Å². The average Bonchev–Trinajstić information content (AvgIpc) is 2.12. The molecule has 0 radical (unpaired) electrons. The molecule has 0 saturated heterocycles. The van der Waals surface area contributed by atoms with Crippen LogP contribution in [-0.2, 0) is 9.84 Å². The summed E-state index contributed by atoms with van der Waals surface area (Å²) < 4.78 is 22.4. The Kier molecular flexibility index (Phi) is 3.54. The van der Waals surface area contributed by atoms with Gasteiger partial charge < -0.3 is 5.73 Å². The van der Waals surface area contributed by atoms with Gasteiger partial charge >= 0.3 is 0 Å². The van der Waals surface area contributed by atoms with E-state index in [0.29, 0.717) is 5.92 Å². The summed E-state index contributed by atoms with van der Waals surface area (Å²) in [6.45, 7) is 0. The lowest BCUT2D eigenvalue weighted by atomic mass is 9.79. The number of rotatable bonds is 4. The minimum Gasteiger partial charge on any atom is -0.323 e. The molecule has 2 N–H and O–H groups in total. The highest BCUT2D eigenvalue weighted by atomic mass is 32.2. The van der Waals surface area contributed by atoms with Crippen LogP contribution in [0.15, 0.2) is 24.3 Å². The van der Waals surface area contributed by atoms with Gasteiger partial charge in [0.25, 0.3) is 0 Å². The fraction of sp³-hybridized carbons (Fsp3) is 0.538. The minimum atomic E-state index is -3.02. The Morgan fingerprint density at radius 2 is 2.12 bits per heavy atom. The second kappa shape index (κ2) is 4.78. The lowest BCUT2D eigenvalue weighted by molar-refractivity contribution is 0.419. The van der Waals surface area contributed by atoms with Crippen molar-refractivity contribution in [3.8, 4) is 0 Å². The normalized spacial score (nSPS) is 18.7. The Hall–Kier alpha value is -0.870. The van der Waals surface area contributed by atoms with E-state index in [4.69, 9.17) is 5.73 Å². The van der Waals surface area contributed by atoms with Crippen LogP contribution < -0.4 is 5.73 Å². The molecule has 0 bridgehead atoms. The maximum absolute atomic E-state index is 11.2. The number of benzene rings is 1. The van der Waals surface area contributed by atoms with Crippen LogP contribution in [0.2, 0.25) is 0 Å². The zero-order valence-electron chi connectivity index (χ0n) is 10.1. The van der Waals surface area contributed by atoms with Crippen molar-refractivity contribution >= 4 is 9.84 Å². The summed E-state index contributed by atoms with van der Waals surface area (Å²) in [7, 11) is -3.02. The van der Waals surface area contributed by atoms with E-state index in [0.717, 1.165) is 5.56 Å². The van der Waals surface area contributed by atoms with Gasteiger partial charge in [0.1, 0.15) is 9.84 Å². The lowest BCUT2D eigenvalue weighted by Gasteiger charge is -2.26. The Morgan fingerprint density at radius 1 is 1.41 bits per heavy atom. The zero-order valence-corrected chi connectivity index (χ0v) is 10.9. The second-order valence-corrected chi connectivity index (χ2v) is 7.18. The first-order valence-corrected chi connectivity index (χ1v) is 8.05. The van der Waals surface area contributed by atoms with Crippen LogP contribution >= 0.6 is 0 Å². The van der Waals surface area contributed by atoms with E-state index in [1.54, 1.807) is 0 Å². The number of nitrogens with two attached hydrogens (primary N) is 1. The van der Waals surface area contributed by atoms with Crippen molar-refractivity contribution < 1.29 is 8.42 Å². The summed E-state index contributed by atoms with van der Waals surface area (Å²) in [6, 6.07) is 7.66. The minimum absolute atomic E-state index is 0.0150. The predicted octanol–water partition coefficient (Wildman–Crippen LogP) is 2.00. The Balaban J connectivity index is 2.14. The molecule has 1 fully saturated rings. The number of hydrogen-bond donors (Lipinski definition) is 1. The van der Waals surface area contributed by atoms with Crippen molar-refractivity contribution in [3.63, 3.8) is 0 Å². The fourth-order valence-electron chi connectivity index (χ4n) is 2.21. The number of hydrogen-bond acceptors (Lipinski definition) is 3. The van der Waals surface area contributed by atoms with E-state index in [1.807, 2.05) is 12.1 Å². The molecule has 0 spiro atoms. The fourth-order valence-corrected chi connectivity index (χ4v) is 3.05. The van der Waals surface area contributed by atoms with Crippen molar-refractivity contribution in [2.24, 2.45) is 5.73 Å². The van der Waals surface area contributed by atoms with Crippen LogP contribution in [0.25, 0.3) is 0 Å². The van der Waals surface area contributed by atoms with Crippen LogP contribution in [0.3, 0.4) is 0 Å². The van der Waals surface area contributed by atoms with Gasteiger partial charge in [-0.2, -0.15) is 0 Å². The average molecular weight is 253 g/mol. The molecule has 1 aliphatic carbocycles. The van der Waals surface area contributed by atoms with Gasteiger partial charge in [0, 0.05) is 12.3 Å². The van der Waals surface area contributed by atoms with Crippen molar-refractivity contribution in [1.29, 1.82) is 0 Å². The van der Waals surface area contributed by atoms with Gasteiger partial charge in [-0.3, -0.25) is 0 Å². The van der Waals surface area contributed by atoms with Gasteiger partial charge in [0.2, 0.25) is 0 Å². The molecule has 2 rings (SSSR count). The first kappa shape index (κ1) is 12.6. The molecule has 1 aromatic rings. The molecule has 17 heavy (non-hydrogen) atoms. The molecule has 1 atom stereocenters. The third kappa shape index (κ3) is 3.30. The van der Waals surface area contributed by atoms with Gasteiger partial charge in [0.05, 0.1) is 5.75 Å². The van der Waals surface area contributed by atoms with Crippen LogP contribution in [0.1, 0.15) is 42.3 Å². The van der Waals surface area contributed by atoms with E-state index >= 15 is 0 Å². The largest absolute Gasteiger partial charge is 0.323 e. The lowest BCUT2D eigenvalue weighted by Crippen LogP contribution is -2.21. The molecule has 1 aromatic carbocycles. The summed E-state index contributed by atoms with van der Waals surface area (Å²) >= 11 is 0. The van der Waals surface area contributed by atoms with Gasteiger partial charge in [-0.1, -0.05) is 30.7 Å². The molecule has 1 unspecified atom stereocenters. The smallest absolute Gasteiger partial charge is 0.149 e. The zero-order chi connectivity index (χ0) is 12.5. The third-order valence-electron chi connectivity index (χ3n) is 3.40. The predicted molar refractivity (Wildman–Crippen MR) is 69.7 cm³/mol. The van der Waals surface area contributed by atoms with Crippen LogP contribution in [0.4, 0.5) is 0 Å². The molecule has 0 aliphatic heterocycles. The molecule has 4 heteroatoms. The standard InChI is InChI=1S/C13H19NO2S/c1-17(15,16)9-13(14)12-7-3-6-11(8-12)10-4-2-5-10/h3,6-8,10,13H,2,4-5,9,14H2,1H3. The van der Waals surface area contributed by atoms with Crippen LogP contribution in [0.5, 0.6) is 0 Å². The number of sulfone groups is 1. The quantitative estimate of drug-likeness (QED) is 0.892. The molecular formula is C13H19NO2S. The maximum Gasteiger partial charge on any atom is 0.149 e. The van der Waals surface area contributed by atoms with Crippen molar-refractivity contribution in [3.05, 3.63) is 35.4 Å². The second-order valence-electron chi connectivity index (χ2n) is 5.00. The summed E-state index contributed by atoms with van der Waals surface area (Å²) in [5, 5.41) is 0. The molecule has 3 nitrogen and oxygen atoms in total. The highest BCUT2D eigenvalue weighted by molar-refractivity contribution is 7.90. The first-order valence-electron chi connectivity index (χ1n) is 5.99. The highest BCUT2D eigenvalue weighted by Crippen LogP contribution is 2.36. The van der Waals surface area contributed by atoms with Gasteiger partial charge in [-0.15, -0.1) is 0 Å². The summed E-state index contributed by atoms with van der Waals surface area (Å²) in [5.74, 6) is 0.668. The molecule has 0 aromatic heterocycles. The molecule has 0 amide bonds. The summed E-state index contributed by atoms with van der Waals surface area (Å²) in [5.41, 5.74) is 8.16. The third-order valence-corrected chi connectivity index (χ3v) is 4.36. The summed E-state index contributed by atoms with van der Waals surface area (Å²) in [6.07, 6.45) is 5.00. The van der Waals surface area contributed by atoms with E-state index in [1.165, 1.54) is 31.1 Å². The van der Waals surface area contributed by atoms with E-state index in [2.05, 4.69) is 12.1 Å².